The lowest BCUT2D eigenvalue weighted by molar-refractivity contribution is -0.110. The number of hydrogen-bond donors (Lipinski definition) is 3. The number of benzene rings is 1. The first kappa shape index (κ1) is 18.6. The van der Waals surface area contributed by atoms with Gasteiger partial charge >= 0.3 is 0 Å². The van der Waals surface area contributed by atoms with Gasteiger partial charge in [0, 0.05) is 28.3 Å². The fraction of sp³-hybridized carbons (Fsp3) is 0.143. The molecular weight excluding hydrogens is 390 g/mol. The molecule has 0 aliphatic carbocycles. The van der Waals surface area contributed by atoms with Crippen LogP contribution >= 0.6 is 23.1 Å². The summed E-state index contributed by atoms with van der Waals surface area (Å²) in [6, 6.07) is 11.3. The summed E-state index contributed by atoms with van der Waals surface area (Å²) in [6.07, 6.45) is 3.85. The molecule has 0 saturated heterocycles. The first-order chi connectivity index (χ1) is 13.4. The predicted molar refractivity (Wildman–Crippen MR) is 117 cm³/mol. The number of nitrogens with one attached hydrogen (secondary N) is 3. The number of anilines is 2. The zero-order valence-corrected chi connectivity index (χ0v) is 17.3. The second-order valence-electron chi connectivity index (χ2n) is 6.60. The zero-order chi connectivity index (χ0) is 19.8. The number of aryl methyl sites for hydroxylation is 2. The van der Waals surface area contributed by atoms with E-state index in [1.165, 1.54) is 11.3 Å². The highest BCUT2D eigenvalue weighted by Gasteiger charge is 2.25. The van der Waals surface area contributed by atoms with Crippen LogP contribution in [0.1, 0.15) is 32.2 Å². The van der Waals surface area contributed by atoms with Gasteiger partial charge in [-0.05, 0) is 68.1 Å². The quantitative estimate of drug-likeness (QED) is 0.412. The molecule has 2 aromatic heterocycles. The molecule has 0 atom stereocenters. The van der Waals surface area contributed by atoms with Crippen molar-refractivity contribution in [3.8, 4) is 0 Å². The fourth-order valence-corrected chi connectivity index (χ4v) is 4.64. The van der Waals surface area contributed by atoms with Crippen LogP contribution in [0.2, 0.25) is 0 Å². The van der Waals surface area contributed by atoms with Crippen LogP contribution in [-0.4, -0.2) is 23.1 Å². The van der Waals surface area contributed by atoms with Crippen LogP contribution in [0.4, 0.5) is 11.4 Å². The number of amides is 2. The summed E-state index contributed by atoms with van der Waals surface area (Å²) in [4.78, 5) is 28.9. The molecule has 1 aliphatic rings. The van der Waals surface area contributed by atoms with Crippen LogP contribution in [0.5, 0.6) is 0 Å². The number of aromatic amines is 1. The Bertz CT molecular complexity index is 1120. The fourth-order valence-electron chi connectivity index (χ4n) is 3.20. The monoisotopic (exact) mass is 409 g/mol. The lowest BCUT2D eigenvalue weighted by Crippen LogP contribution is -2.10. The van der Waals surface area contributed by atoms with Gasteiger partial charge < -0.3 is 15.6 Å². The standard InChI is InChI=1S/C21H19N3O2S2/c1-11-8-12(2)22-17(11)10-15-14-9-13(4-5-16(14)24-20(15)25)23-21(26)18-6-7-19(27-3)28-18/h4-10,22H,1-3H3,(H,23,26)(H,24,25)/b15-10-. The molecular formula is C21H19N3O2S2. The minimum absolute atomic E-state index is 0.145. The van der Waals surface area contributed by atoms with E-state index >= 15 is 0 Å². The van der Waals surface area contributed by atoms with Crippen LogP contribution in [0.3, 0.4) is 0 Å². The summed E-state index contributed by atoms with van der Waals surface area (Å²) in [5.41, 5.74) is 5.80. The highest BCUT2D eigenvalue weighted by Crippen LogP contribution is 2.35. The Morgan fingerprint density at radius 2 is 2.00 bits per heavy atom. The van der Waals surface area contributed by atoms with Gasteiger partial charge in [0.1, 0.15) is 0 Å². The van der Waals surface area contributed by atoms with Crippen molar-refractivity contribution in [2.45, 2.75) is 18.1 Å². The topological polar surface area (TPSA) is 74.0 Å². The SMILES string of the molecule is CSc1ccc(C(=O)Nc2ccc3c(c2)/C(=C/c2[nH]c(C)cc2C)C(=O)N3)s1. The maximum atomic E-state index is 12.5. The molecule has 3 aromatic rings. The van der Waals surface area contributed by atoms with E-state index in [2.05, 4.69) is 15.6 Å². The molecule has 0 unspecified atom stereocenters. The van der Waals surface area contributed by atoms with E-state index in [4.69, 9.17) is 0 Å². The molecule has 0 saturated carbocycles. The molecule has 7 heteroatoms. The zero-order valence-electron chi connectivity index (χ0n) is 15.7. The number of aromatic nitrogens is 1. The van der Waals surface area contributed by atoms with Gasteiger partial charge in [-0.2, -0.15) is 0 Å². The lowest BCUT2D eigenvalue weighted by Gasteiger charge is -2.06. The Hall–Kier alpha value is -2.77. The van der Waals surface area contributed by atoms with Crippen molar-refractivity contribution in [2.75, 3.05) is 16.9 Å². The minimum atomic E-state index is -0.149. The van der Waals surface area contributed by atoms with Crippen molar-refractivity contribution in [3.63, 3.8) is 0 Å². The van der Waals surface area contributed by atoms with Crippen LogP contribution < -0.4 is 10.6 Å². The normalized spacial score (nSPS) is 14.2. The van der Waals surface area contributed by atoms with Crippen molar-refractivity contribution in [1.82, 2.24) is 4.98 Å². The van der Waals surface area contributed by atoms with E-state index in [-0.39, 0.29) is 11.8 Å². The number of thiophene rings is 1. The van der Waals surface area contributed by atoms with Crippen molar-refractivity contribution in [3.05, 3.63) is 63.8 Å². The van der Waals surface area contributed by atoms with E-state index in [0.717, 1.165) is 32.4 Å². The van der Waals surface area contributed by atoms with Gasteiger partial charge in [0.15, 0.2) is 0 Å². The maximum absolute atomic E-state index is 12.5. The molecule has 3 heterocycles. The van der Waals surface area contributed by atoms with E-state index in [1.54, 1.807) is 17.8 Å². The van der Waals surface area contributed by atoms with Crippen molar-refractivity contribution in [2.24, 2.45) is 0 Å². The molecule has 28 heavy (non-hydrogen) atoms. The Morgan fingerprint density at radius 1 is 1.18 bits per heavy atom. The number of carbonyl (C=O) groups excluding carboxylic acids is 2. The smallest absolute Gasteiger partial charge is 0.265 e. The molecule has 0 spiro atoms. The summed E-state index contributed by atoms with van der Waals surface area (Å²) in [5.74, 6) is -0.295. The number of fused-ring (bicyclic) bond motifs is 1. The Labute approximate surface area is 171 Å². The molecule has 0 bridgehead atoms. The van der Waals surface area contributed by atoms with Gasteiger partial charge in [0.2, 0.25) is 0 Å². The van der Waals surface area contributed by atoms with Gasteiger partial charge in [-0.1, -0.05) is 0 Å². The Morgan fingerprint density at radius 3 is 2.68 bits per heavy atom. The summed E-state index contributed by atoms with van der Waals surface area (Å²) < 4.78 is 1.09. The van der Waals surface area contributed by atoms with Gasteiger partial charge in [-0.15, -0.1) is 23.1 Å². The molecule has 1 aromatic carbocycles. The van der Waals surface area contributed by atoms with Gasteiger partial charge in [0.25, 0.3) is 11.8 Å². The summed E-state index contributed by atoms with van der Waals surface area (Å²) in [5, 5.41) is 5.81. The predicted octanol–water partition coefficient (Wildman–Crippen LogP) is 5.16. The van der Waals surface area contributed by atoms with Crippen LogP contribution in [0.25, 0.3) is 11.6 Å². The van der Waals surface area contributed by atoms with Crippen LogP contribution in [0.15, 0.2) is 40.6 Å². The van der Waals surface area contributed by atoms with Gasteiger partial charge in [-0.3, -0.25) is 9.59 Å². The third-order valence-corrected chi connectivity index (χ3v) is 6.71. The van der Waals surface area contributed by atoms with E-state index in [9.17, 15) is 9.59 Å². The summed E-state index contributed by atoms with van der Waals surface area (Å²) in [7, 11) is 0. The third kappa shape index (κ3) is 3.50. The first-order valence-electron chi connectivity index (χ1n) is 8.73. The van der Waals surface area contributed by atoms with Crippen LogP contribution in [0, 0.1) is 13.8 Å². The average molecular weight is 410 g/mol. The second-order valence-corrected chi connectivity index (χ2v) is 8.79. The molecule has 2 amide bonds. The molecule has 0 radical (unpaired) electrons. The molecule has 3 N–H and O–H groups in total. The maximum Gasteiger partial charge on any atom is 0.265 e. The second kappa shape index (κ2) is 7.33. The van der Waals surface area contributed by atoms with Gasteiger partial charge in [0.05, 0.1) is 14.7 Å². The molecule has 4 rings (SSSR count). The number of thioether (sulfide) groups is 1. The first-order valence-corrected chi connectivity index (χ1v) is 10.8. The van der Waals surface area contributed by atoms with Crippen molar-refractivity contribution in [1.29, 1.82) is 0 Å². The number of hydrogen-bond acceptors (Lipinski definition) is 4. The highest BCUT2D eigenvalue weighted by molar-refractivity contribution is 8.00. The van der Waals surface area contributed by atoms with Gasteiger partial charge in [-0.25, -0.2) is 0 Å². The van der Waals surface area contributed by atoms with E-state index in [1.807, 2.05) is 56.5 Å². The lowest BCUT2D eigenvalue weighted by atomic mass is 10.0. The molecule has 0 fully saturated rings. The number of H-pyrrole nitrogens is 1. The summed E-state index contributed by atoms with van der Waals surface area (Å²) >= 11 is 3.08. The van der Waals surface area contributed by atoms with Crippen molar-refractivity contribution < 1.29 is 9.59 Å². The average Bonchev–Trinajstić information content (AvgIpc) is 3.34. The van der Waals surface area contributed by atoms with E-state index < -0.39 is 0 Å². The van der Waals surface area contributed by atoms with E-state index in [0.29, 0.717) is 16.1 Å². The Kier molecular flexibility index (Phi) is 4.87. The van der Waals surface area contributed by atoms with Crippen molar-refractivity contribution >= 4 is 57.9 Å². The molecule has 5 nitrogen and oxygen atoms in total. The number of rotatable bonds is 4. The minimum Gasteiger partial charge on any atom is -0.359 e. The molecule has 142 valence electrons. The third-order valence-electron chi connectivity index (χ3n) is 4.55. The molecule has 1 aliphatic heterocycles. The Balaban J connectivity index is 1.64. The largest absolute Gasteiger partial charge is 0.359 e. The summed E-state index contributed by atoms with van der Waals surface area (Å²) in [6.45, 7) is 3.99. The number of carbonyl (C=O) groups is 2. The highest BCUT2D eigenvalue weighted by atomic mass is 32.2. The van der Waals surface area contributed by atoms with Crippen LogP contribution in [-0.2, 0) is 4.79 Å².